The second-order valence-corrected chi connectivity index (χ2v) is 4.80. The van der Waals surface area contributed by atoms with Crippen LogP contribution in [0.5, 0.6) is 0 Å². The SMILES string of the molecule is C[C@H](Nc1cc(=O)n(-c2ccon2)c(=O)[nH]1)c1ccccc1. The second-order valence-electron chi connectivity index (χ2n) is 4.80. The maximum atomic E-state index is 12.1. The van der Waals surface area contributed by atoms with E-state index in [1.807, 2.05) is 37.3 Å². The number of H-pyrrole nitrogens is 1. The van der Waals surface area contributed by atoms with Crippen LogP contribution < -0.4 is 16.6 Å². The fourth-order valence-corrected chi connectivity index (χ4v) is 2.17. The van der Waals surface area contributed by atoms with E-state index >= 15 is 0 Å². The van der Waals surface area contributed by atoms with Gasteiger partial charge in [-0.25, -0.2) is 9.36 Å². The van der Waals surface area contributed by atoms with E-state index in [1.165, 1.54) is 18.4 Å². The molecule has 3 rings (SSSR count). The van der Waals surface area contributed by atoms with E-state index in [4.69, 9.17) is 0 Å². The summed E-state index contributed by atoms with van der Waals surface area (Å²) in [5, 5.41) is 6.69. The first-order valence-electron chi connectivity index (χ1n) is 6.74. The van der Waals surface area contributed by atoms with Gasteiger partial charge in [0, 0.05) is 18.2 Å². The fourth-order valence-electron chi connectivity index (χ4n) is 2.17. The van der Waals surface area contributed by atoms with Gasteiger partial charge in [-0.05, 0) is 12.5 Å². The van der Waals surface area contributed by atoms with Gasteiger partial charge < -0.3 is 9.84 Å². The molecule has 0 spiro atoms. The van der Waals surface area contributed by atoms with Crippen LogP contribution in [0, 0.1) is 0 Å². The van der Waals surface area contributed by atoms with Gasteiger partial charge in [0.2, 0.25) is 0 Å². The highest BCUT2D eigenvalue weighted by Gasteiger charge is 2.11. The Morgan fingerprint density at radius 3 is 2.64 bits per heavy atom. The molecule has 0 unspecified atom stereocenters. The van der Waals surface area contributed by atoms with Gasteiger partial charge in [0.05, 0.1) is 0 Å². The number of nitrogens with one attached hydrogen (secondary N) is 2. The number of nitrogens with zero attached hydrogens (tertiary/aromatic N) is 2. The summed E-state index contributed by atoms with van der Waals surface area (Å²) in [5.74, 6) is 0.500. The Morgan fingerprint density at radius 2 is 2.00 bits per heavy atom. The molecule has 0 fully saturated rings. The van der Waals surface area contributed by atoms with E-state index in [2.05, 4.69) is 20.0 Å². The second kappa shape index (κ2) is 5.72. The Morgan fingerprint density at radius 1 is 1.23 bits per heavy atom. The minimum Gasteiger partial charge on any atom is -0.365 e. The van der Waals surface area contributed by atoms with Gasteiger partial charge in [-0.3, -0.25) is 9.78 Å². The lowest BCUT2D eigenvalue weighted by Gasteiger charge is -2.15. The van der Waals surface area contributed by atoms with Crippen molar-refractivity contribution in [3.05, 3.63) is 75.1 Å². The van der Waals surface area contributed by atoms with Crippen molar-refractivity contribution in [3.8, 4) is 5.82 Å². The number of aromatic amines is 1. The van der Waals surface area contributed by atoms with Gasteiger partial charge in [-0.15, -0.1) is 0 Å². The third-order valence-electron chi connectivity index (χ3n) is 3.26. The number of benzene rings is 1. The van der Waals surface area contributed by atoms with Crippen molar-refractivity contribution in [3.63, 3.8) is 0 Å². The van der Waals surface area contributed by atoms with Crippen LogP contribution in [0.3, 0.4) is 0 Å². The molecule has 2 N–H and O–H groups in total. The first kappa shape index (κ1) is 13.9. The first-order chi connectivity index (χ1) is 10.6. The Bertz CT molecular complexity index is 835. The lowest BCUT2D eigenvalue weighted by Crippen LogP contribution is -2.34. The largest absolute Gasteiger partial charge is 0.365 e. The molecule has 0 amide bonds. The fraction of sp³-hybridized carbons (Fsp3) is 0.133. The van der Waals surface area contributed by atoms with Gasteiger partial charge in [0.25, 0.3) is 5.56 Å². The van der Waals surface area contributed by atoms with Crippen LogP contribution >= 0.6 is 0 Å². The van der Waals surface area contributed by atoms with Gasteiger partial charge in [-0.1, -0.05) is 35.5 Å². The average Bonchev–Trinajstić information content (AvgIpc) is 3.01. The van der Waals surface area contributed by atoms with Crippen molar-refractivity contribution in [2.45, 2.75) is 13.0 Å². The molecule has 7 heteroatoms. The molecular weight excluding hydrogens is 284 g/mol. The van der Waals surface area contributed by atoms with Crippen molar-refractivity contribution in [1.29, 1.82) is 0 Å². The number of anilines is 1. The van der Waals surface area contributed by atoms with Crippen molar-refractivity contribution in [2.24, 2.45) is 0 Å². The summed E-state index contributed by atoms with van der Waals surface area (Å²) in [4.78, 5) is 26.8. The van der Waals surface area contributed by atoms with Crippen LogP contribution in [-0.4, -0.2) is 14.7 Å². The van der Waals surface area contributed by atoms with Crippen molar-refractivity contribution in [2.75, 3.05) is 5.32 Å². The zero-order valence-corrected chi connectivity index (χ0v) is 11.8. The summed E-state index contributed by atoms with van der Waals surface area (Å²) in [5.41, 5.74) is -0.0198. The third-order valence-corrected chi connectivity index (χ3v) is 3.26. The van der Waals surface area contributed by atoms with Gasteiger partial charge >= 0.3 is 5.69 Å². The maximum Gasteiger partial charge on any atom is 0.335 e. The normalized spacial score (nSPS) is 12.0. The Kier molecular flexibility index (Phi) is 3.61. The molecule has 0 aliphatic rings. The monoisotopic (exact) mass is 298 g/mol. The van der Waals surface area contributed by atoms with E-state index < -0.39 is 11.2 Å². The summed E-state index contributed by atoms with van der Waals surface area (Å²) in [7, 11) is 0. The van der Waals surface area contributed by atoms with Crippen LogP contribution in [0.2, 0.25) is 0 Å². The minimum atomic E-state index is -0.579. The molecule has 0 aliphatic carbocycles. The smallest absolute Gasteiger partial charge is 0.335 e. The highest BCUT2D eigenvalue weighted by molar-refractivity contribution is 5.37. The standard InChI is InChI=1S/C15H14N4O3/c1-10(11-5-3-2-4-6-11)16-12-9-14(20)19(15(21)17-12)13-7-8-22-18-13/h2-10,16H,1H3,(H,17,21)/t10-/m0/s1. The molecule has 7 nitrogen and oxygen atoms in total. The Balaban J connectivity index is 1.91. The predicted octanol–water partition coefficient (Wildman–Crippen LogP) is 1.69. The van der Waals surface area contributed by atoms with E-state index in [1.54, 1.807) is 0 Å². The summed E-state index contributed by atoms with van der Waals surface area (Å²) in [6.07, 6.45) is 1.30. The molecule has 1 aromatic carbocycles. The Hall–Kier alpha value is -3.09. The zero-order valence-electron chi connectivity index (χ0n) is 11.8. The zero-order chi connectivity index (χ0) is 15.5. The van der Waals surface area contributed by atoms with E-state index in [0.717, 1.165) is 10.1 Å². The molecule has 2 heterocycles. The van der Waals surface area contributed by atoms with Crippen molar-refractivity contribution in [1.82, 2.24) is 14.7 Å². The number of hydrogen-bond acceptors (Lipinski definition) is 5. The van der Waals surface area contributed by atoms with Crippen LogP contribution in [0.15, 0.2) is 62.8 Å². The highest BCUT2D eigenvalue weighted by Crippen LogP contribution is 2.15. The first-order valence-corrected chi connectivity index (χ1v) is 6.74. The Labute approximate surface area is 125 Å². The number of rotatable bonds is 4. The maximum absolute atomic E-state index is 12.1. The van der Waals surface area contributed by atoms with Gasteiger partial charge in [0.1, 0.15) is 12.1 Å². The molecule has 1 atom stereocenters. The highest BCUT2D eigenvalue weighted by atomic mass is 16.5. The molecule has 0 aliphatic heterocycles. The summed E-state index contributed by atoms with van der Waals surface area (Å²) in [6, 6.07) is 12.4. The predicted molar refractivity (Wildman–Crippen MR) is 81.2 cm³/mol. The van der Waals surface area contributed by atoms with Crippen LogP contribution in [-0.2, 0) is 0 Å². The van der Waals surface area contributed by atoms with E-state index in [9.17, 15) is 9.59 Å². The molecule has 0 radical (unpaired) electrons. The third kappa shape index (κ3) is 2.69. The number of aromatic nitrogens is 3. The topological polar surface area (TPSA) is 92.9 Å². The van der Waals surface area contributed by atoms with Crippen molar-refractivity contribution < 1.29 is 4.52 Å². The van der Waals surface area contributed by atoms with E-state index in [0.29, 0.717) is 5.82 Å². The molecule has 22 heavy (non-hydrogen) atoms. The quantitative estimate of drug-likeness (QED) is 0.764. The number of hydrogen-bond donors (Lipinski definition) is 2. The van der Waals surface area contributed by atoms with Crippen LogP contribution in [0.4, 0.5) is 5.82 Å². The average molecular weight is 298 g/mol. The van der Waals surface area contributed by atoms with Gasteiger partial charge in [-0.2, -0.15) is 0 Å². The minimum absolute atomic E-state index is 0.0563. The van der Waals surface area contributed by atoms with Crippen molar-refractivity contribution >= 4 is 5.82 Å². The molecule has 0 saturated heterocycles. The molecule has 3 aromatic rings. The summed E-state index contributed by atoms with van der Waals surface area (Å²) in [6.45, 7) is 1.94. The molecular formula is C15H14N4O3. The van der Waals surface area contributed by atoms with Gasteiger partial charge in [0.15, 0.2) is 5.82 Å². The molecule has 2 aromatic heterocycles. The molecule has 112 valence electrons. The summed E-state index contributed by atoms with van der Waals surface area (Å²) < 4.78 is 5.56. The lowest BCUT2D eigenvalue weighted by atomic mass is 10.1. The molecule has 0 bridgehead atoms. The molecule has 0 saturated carbocycles. The van der Waals surface area contributed by atoms with Crippen LogP contribution in [0.1, 0.15) is 18.5 Å². The van der Waals surface area contributed by atoms with E-state index in [-0.39, 0.29) is 11.9 Å². The van der Waals surface area contributed by atoms with Crippen LogP contribution in [0.25, 0.3) is 5.82 Å². The lowest BCUT2D eigenvalue weighted by molar-refractivity contribution is 0.415. The summed E-state index contributed by atoms with van der Waals surface area (Å²) >= 11 is 0.